The third-order valence-corrected chi connectivity index (χ3v) is 2.82. The molecule has 0 spiro atoms. The van der Waals surface area contributed by atoms with E-state index in [0.29, 0.717) is 5.92 Å². The highest BCUT2D eigenvalue weighted by atomic mass is 14.9. The number of hydrogen-bond donors (Lipinski definition) is 1. The van der Waals surface area contributed by atoms with Gasteiger partial charge in [0.1, 0.15) is 0 Å². The zero-order valence-corrected chi connectivity index (χ0v) is 10.0. The fourth-order valence-electron chi connectivity index (χ4n) is 2.18. The van der Waals surface area contributed by atoms with Gasteiger partial charge in [0.2, 0.25) is 0 Å². The van der Waals surface area contributed by atoms with E-state index >= 15 is 0 Å². The number of amidine groups is 1. The Balaban J connectivity index is 2.59. The second-order valence-corrected chi connectivity index (χ2v) is 5.68. The molecule has 2 N–H and O–H groups in total. The summed E-state index contributed by atoms with van der Waals surface area (Å²) in [6, 6.07) is 0. The van der Waals surface area contributed by atoms with Crippen LogP contribution in [0.5, 0.6) is 0 Å². The molecule has 0 radical (unpaired) electrons. The number of rotatable bonds is 1. The Kier molecular flexibility index (Phi) is 3.57. The minimum Gasteiger partial charge on any atom is -0.387 e. The van der Waals surface area contributed by atoms with Gasteiger partial charge in [-0.05, 0) is 39.5 Å². The van der Waals surface area contributed by atoms with Crippen molar-refractivity contribution in [3.8, 4) is 0 Å². The lowest BCUT2D eigenvalue weighted by Gasteiger charge is -2.27. The number of hydrogen-bond acceptors (Lipinski definition) is 1. The summed E-state index contributed by atoms with van der Waals surface area (Å²) in [7, 11) is 0. The van der Waals surface area contributed by atoms with E-state index in [4.69, 9.17) is 5.73 Å². The summed E-state index contributed by atoms with van der Waals surface area (Å²) in [4.78, 5) is 4.56. The van der Waals surface area contributed by atoms with Crippen molar-refractivity contribution in [1.29, 1.82) is 0 Å². The number of nitrogens with two attached hydrogens (primary N) is 1. The molecule has 0 heterocycles. The zero-order chi connectivity index (χ0) is 10.8. The topological polar surface area (TPSA) is 38.4 Å². The molecule has 0 aromatic heterocycles. The molecule has 2 unspecified atom stereocenters. The second kappa shape index (κ2) is 4.33. The van der Waals surface area contributed by atoms with Gasteiger partial charge in [-0.2, -0.15) is 0 Å². The van der Waals surface area contributed by atoms with E-state index < -0.39 is 0 Å². The lowest BCUT2D eigenvalue weighted by Crippen LogP contribution is -2.31. The Morgan fingerprint density at radius 2 is 1.93 bits per heavy atom. The van der Waals surface area contributed by atoms with E-state index in [9.17, 15) is 0 Å². The molecule has 0 aromatic rings. The van der Waals surface area contributed by atoms with Crippen LogP contribution in [0.15, 0.2) is 4.99 Å². The quantitative estimate of drug-likeness (QED) is 0.508. The Bertz CT molecular complexity index is 213. The van der Waals surface area contributed by atoms with Crippen molar-refractivity contribution in [3.05, 3.63) is 0 Å². The summed E-state index contributed by atoms with van der Waals surface area (Å²) in [6.07, 6.45) is 5.13. The highest BCUT2D eigenvalue weighted by molar-refractivity contribution is 5.83. The molecule has 1 aliphatic carbocycles. The molecule has 1 fully saturated rings. The maximum Gasteiger partial charge on any atom is 0.0975 e. The Morgan fingerprint density at radius 1 is 1.29 bits per heavy atom. The van der Waals surface area contributed by atoms with E-state index in [1.54, 1.807) is 0 Å². The highest BCUT2D eigenvalue weighted by Crippen LogP contribution is 2.29. The van der Waals surface area contributed by atoms with Gasteiger partial charge in [0, 0.05) is 5.92 Å². The third-order valence-electron chi connectivity index (χ3n) is 2.82. The molecular formula is C12H24N2. The van der Waals surface area contributed by atoms with Crippen LogP contribution < -0.4 is 5.73 Å². The van der Waals surface area contributed by atoms with E-state index in [2.05, 4.69) is 32.7 Å². The van der Waals surface area contributed by atoms with E-state index in [1.807, 2.05) is 0 Å². The molecule has 1 saturated carbocycles. The largest absolute Gasteiger partial charge is 0.387 e. The molecule has 14 heavy (non-hydrogen) atoms. The van der Waals surface area contributed by atoms with Crippen molar-refractivity contribution in [1.82, 2.24) is 0 Å². The lowest BCUT2D eigenvalue weighted by molar-refractivity contribution is 0.336. The van der Waals surface area contributed by atoms with E-state index in [0.717, 1.165) is 11.8 Å². The van der Waals surface area contributed by atoms with Crippen molar-refractivity contribution < 1.29 is 0 Å². The minimum absolute atomic E-state index is 0.0230. The van der Waals surface area contributed by atoms with Gasteiger partial charge in [-0.1, -0.05) is 19.8 Å². The monoisotopic (exact) mass is 196 g/mol. The van der Waals surface area contributed by atoms with Gasteiger partial charge in [-0.3, -0.25) is 4.99 Å². The molecule has 0 bridgehead atoms. The van der Waals surface area contributed by atoms with Gasteiger partial charge in [0.15, 0.2) is 0 Å². The van der Waals surface area contributed by atoms with Crippen molar-refractivity contribution in [2.75, 3.05) is 0 Å². The molecule has 2 nitrogen and oxygen atoms in total. The summed E-state index contributed by atoms with van der Waals surface area (Å²) in [5.41, 5.74) is 6.02. The van der Waals surface area contributed by atoms with Crippen LogP contribution in [0.3, 0.4) is 0 Å². The first-order valence-corrected chi connectivity index (χ1v) is 5.73. The van der Waals surface area contributed by atoms with Gasteiger partial charge in [-0.15, -0.1) is 0 Å². The molecule has 0 aromatic carbocycles. The van der Waals surface area contributed by atoms with Crippen LogP contribution in [0.25, 0.3) is 0 Å². The highest BCUT2D eigenvalue weighted by Gasteiger charge is 2.22. The molecule has 2 heteroatoms. The standard InChI is InChI=1S/C12H24N2/c1-9-6-5-7-10(8-9)11(13)14-12(2,3)4/h9-10H,5-8H2,1-4H3,(H2,13,14). The molecule has 0 aliphatic heterocycles. The summed E-state index contributed by atoms with van der Waals surface area (Å²) in [5, 5.41) is 0. The summed E-state index contributed by atoms with van der Waals surface area (Å²) >= 11 is 0. The molecule has 82 valence electrons. The van der Waals surface area contributed by atoms with E-state index in [-0.39, 0.29) is 5.54 Å². The predicted molar refractivity (Wildman–Crippen MR) is 62.5 cm³/mol. The van der Waals surface area contributed by atoms with Gasteiger partial charge < -0.3 is 5.73 Å². The SMILES string of the molecule is CC1CCCC(C(N)=NC(C)(C)C)C1. The zero-order valence-electron chi connectivity index (χ0n) is 10.0. The Morgan fingerprint density at radius 3 is 2.43 bits per heavy atom. The van der Waals surface area contributed by atoms with Crippen LogP contribution in [0, 0.1) is 11.8 Å². The maximum absolute atomic E-state index is 6.05. The van der Waals surface area contributed by atoms with Crippen LogP contribution in [-0.2, 0) is 0 Å². The predicted octanol–water partition coefficient (Wildman–Crippen LogP) is 2.97. The maximum atomic E-state index is 6.05. The first-order chi connectivity index (χ1) is 6.38. The fraction of sp³-hybridized carbons (Fsp3) is 0.917. The average molecular weight is 196 g/mol. The third kappa shape index (κ3) is 3.69. The smallest absolute Gasteiger partial charge is 0.0975 e. The van der Waals surface area contributed by atoms with Crippen LogP contribution in [0.4, 0.5) is 0 Å². The minimum atomic E-state index is -0.0230. The van der Waals surface area contributed by atoms with Crippen LogP contribution >= 0.6 is 0 Å². The number of nitrogens with zero attached hydrogens (tertiary/aromatic N) is 1. The van der Waals surface area contributed by atoms with Crippen LogP contribution in [-0.4, -0.2) is 11.4 Å². The molecule has 2 atom stereocenters. The number of aliphatic imine (C=N–C) groups is 1. The van der Waals surface area contributed by atoms with Crippen molar-refractivity contribution in [2.24, 2.45) is 22.6 Å². The Labute approximate surface area is 88.0 Å². The first-order valence-electron chi connectivity index (χ1n) is 5.73. The second-order valence-electron chi connectivity index (χ2n) is 5.68. The molecule has 0 amide bonds. The van der Waals surface area contributed by atoms with Gasteiger partial charge in [-0.25, -0.2) is 0 Å². The molecule has 1 aliphatic rings. The normalized spacial score (nSPS) is 30.4. The van der Waals surface area contributed by atoms with Crippen molar-refractivity contribution >= 4 is 5.84 Å². The summed E-state index contributed by atoms with van der Waals surface area (Å²) < 4.78 is 0. The summed E-state index contributed by atoms with van der Waals surface area (Å²) in [5.74, 6) is 2.24. The first kappa shape index (κ1) is 11.5. The molecular weight excluding hydrogens is 172 g/mol. The van der Waals surface area contributed by atoms with Crippen LogP contribution in [0.2, 0.25) is 0 Å². The van der Waals surface area contributed by atoms with Crippen molar-refractivity contribution in [3.63, 3.8) is 0 Å². The van der Waals surface area contributed by atoms with Crippen molar-refractivity contribution in [2.45, 2.75) is 58.9 Å². The van der Waals surface area contributed by atoms with Gasteiger partial charge in [0.05, 0.1) is 11.4 Å². The van der Waals surface area contributed by atoms with Gasteiger partial charge in [0.25, 0.3) is 0 Å². The summed E-state index contributed by atoms with van der Waals surface area (Å²) in [6.45, 7) is 8.63. The van der Waals surface area contributed by atoms with E-state index in [1.165, 1.54) is 25.7 Å². The molecule has 1 rings (SSSR count). The van der Waals surface area contributed by atoms with Crippen LogP contribution in [0.1, 0.15) is 53.4 Å². The fourth-order valence-corrected chi connectivity index (χ4v) is 2.18. The van der Waals surface area contributed by atoms with Gasteiger partial charge >= 0.3 is 0 Å². The molecule has 0 saturated heterocycles. The average Bonchev–Trinajstić information content (AvgIpc) is 2.01. The Hall–Kier alpha value is -0.530. The lowest BCUT2D eigenvalue weighted by atomic mass is 9.82.